The van der Waals surface area contributed by atoms with Crippen molar-refractivity contribution in [1.82, 2.24) is 0 Å². The van der Waals surface area contributed by atoms with Crippen LogP contribution in [0.5, 0.6) is 0 Å². The summed E-state index contributed by atoms with van der Waals surface area (Å²) in [7, 11) is 0. The third-order valence-electron chi connectivity index (χ3n) is 1.25. The minimum absolute atomic E-state index is 0.684. The van der Waals surface area contributed by atoms with Gasteiger partial charge in [0.05, 0.1) is 0 Å². The molecule has 64 valence electrons. The van der Waals surface area contributed by atoms with E-state index in [2.05, 4.69) is 32.7 Å². The van der Waals surface area contributed by atoms with Crippen molar-refractivity contribution in [2.24, 2.45) is 5.73 Å². The van der Waals surface area contributed by atoms with Crippen LogP contribution in [0.15, 0.2) is 37.1 Å². The molecule has 0 heterocycles. The molecule has 0 aromatic carbocycles. The molecule has 0 atom stereocenters. The second kappa shape index (κ2) is 9.02. The third-order valence-corrected chi connectivity index (χ3v) is 1.25. The van der Waals surface area contributed by atoms with E-state index < -0.39 is 0 Å². The van der Waals surface area contributed by atoms with Gasteiger partial charge < -0.3 is 5.73 Å². The Labute approximate surface area is 70.3 Å². The highest BCUT2D eigenvalue weighted by Crippen LogP contribution is 2.01. The van der Waals surface area contributed by atoms with Crippen molar-refractivity contribution in [3.05, 3.63) is 37.1 Å². The molecule has 0 fully saturated rings. The topological polar surface area (TPSA) is 26.0 Å². The van der Waals surface area contributed by atoms with E-state index in [4.69, 9.17) is 5.73 Å². The standard InChI is InChI=1S/C8H15N.C2H4/c1-4-5-6-7(2)8(3)9;1-2/h6H,3-5,9H2,1-2H3;1-2H2/b7-6-;. The van der Waals surface area contributed by atoms with Crippen molar-refractivity contribution in [3.8, 4) is 0 Å². The molecular weight excluding hydrogens is 134 g/mol. The molecule has 0 saturated carbocycles. The first-order valence-corrected chi connectivity index (χ1v) is 3.80. The Balaban J connectivity index is 0. The summed E-state index contributed by atoms with van der Waals surface area (Å²) >= 11 is 0. The average Bonchev–Trinajstić information content (AvgIpc) is 2.03. The van der Waals surface area contributed by atoms with Gasteiger partial charge in [0, 0.05) is 5.70 Å². The average molecular weight is 153 g/mol. The highest BCUT2D eigenvalue weighted by atomic mass is 14.6. The maximum atomic E-state index is 5.41. The van der Waals surface area contributed by atoms with Crippen LogP contribution in [-0.2, 0) is 0 Å². The highest BCUT2D eigenvalue weighted by molar-refractivity contribution is 5.22. The largest absolute Gasteiger partial charge is 0.399 e. The number of rotatable bonds is 3. The molecule has 0 amide bonds. The van der Waals surface area contributed by atoms with Crippen LogP contribution in [0.3, 0.4) is 0 Å². The summed E-state index contributed by atoms with van der Waals surface area (Å²) in [4.78, 5) is 0. The minimum atomic E-state index is 0.684. The van der Waals surface area contributed by atoms with Gasteiger partial charge in [-0.2, -0.15) is 0 Å². The molecule has 0 aliphatic rings. The summed E-state index contributed by atoms with van der Waals surface area (Å²) in [6.07, 6.45) is 4.38. The highest BCUT2D eigenvalue weighted by Gasteiger charge is 1.86. The molecule has 2 N–H and O–H groups in total. The molecule has 0 aliphatic carbocycles. The van der Waals surface area contributed by atoms with Gasteiger partial charge in [-0.25, -0.2) is 0 Å². The molecule has 0 spiro atoms. The Morgan fingerprint density at radius 1 is 1.45 bits per heavy atom. The van der Waals surface area contributed by atoms with Gasteiger partial charge in [-0.15, -0.1) is 13.2 Å². The molecule has 11 heavy (non-hydrogen) atoms. The molecular formula is C10H19N. The van der Waals surface area contributed by atoms with E-state index in [1.54, 1.807) is 0 Å². The predicted molar refractivity (Wildman–Crippen MR) is 53.2 cm³/mol. The van der Waals surface area contributed by atoms with Crippen LogP contribution in [-0.4, -0.2) is 0 Å². The minimum Gasteiger partial charge on any atom is -0.399 e. The van der Waals surface area contributed by atoms with Gasteiger partial charge in [0.15, 0.2) is 0 Å². The van der Waals surface area contributed by atoms with E-state index in [1.807, 2.05) is 6.92 Å². The number of hydrogen-bond donors (Lipinski definition) is 1. The van der Waals surface area contributed by atoms with Gasteiger partial charge in [-0.05, 0) is 18.9 Å². The first-order valence-electron chi connectivity index (χ1n) is 3.80. The molecule has 0 aliphatic heterocycles. The number of nitrogens with two attached hydrogens (primary N) is 1. The lowest BCUT2D eigenvalue weighted by atomic mass is 10.2. The molecule has 0 rings (SSSR count). The number of unbranched alkanes of at least 4 members (excludes halogenated alkanes) is 1. The summed E-state index contributed by atoms with van der Waals surface area (Å²) in [5.41, 5.74) is 7.21. The first kappa shape index (κ1) is 12.7. The molecule has 1 heteroatoms. The van der Waals surface area contributed by atoms with Crippen molar-refractivity contribution in [2.75, 3.05) is 0 Å². The molecule has 1 nitrogen and oxygen atoms in total. The van der Waals surface area contributed by atoms with Crippen LogP contribution >= 0.6 is 0 Å². The SMILES string of the molecule is C=C.C=C(N)/C(C)=C\CCC. The number of allylic oxidation sites excluding steroid dienone is 2. The quantitative estimate of drug-likeness (QED) is 0.489. The Kier molecular flexibility index (Phi) is 10.4. The van der Waals surface area contributed by atoms with Crippen LogP contribution in [0.1, 0.15) is 26.7 Å². The fraction of sp³-hybridized carbons (Fsp3) is 0.400. The van der Waals surface area contributed by atoms with Crippen molar-refractivity contribution in [1.29, 1.82) is 0 Å². The Hall–Kier alpha value is -0.980. The van der Waals surface area contributed by atoms with Crippen molar-refractivity contribution in [3.63, 3.8) is 0 Å². The summed E-state index contributed by atoms with van der Waals surface area (Å²) in [6.45, 7) is 13.7. The van der Waals surface area contributed by atoms with E-state index in [1.165, 1.54) is 6.42 Å². The van der Waals surface area contributed by atoms with Crippen LogP contribution in [0.25, 0.3) is 0 Å². The van der Waals surface area contributed by atoms with Gasteiger partial charge >= 0.3 is 0 Å². The second-order valence-corrected chi connectivity index (χ2v) is 2.20. The van der Waals surface area contributed by atoms with E-state index in [0.29, 0.717) is 5.70 Å². The van der Waals surface area contributed by atoms with Gasteiger partial charge in [-0.3, -0.25) is 0 Å². The normalized spacial score (nSPS) is 9.82. The second-order valence-electron chi connectivity index (χ2n) is 2.20. The summed E-state index contributed by atoms with van der Waals surface area (Å²) in [6, 6.07) is 0. The van der Waals surface area contributed by atoms with Gasteiger partial charge in [0.25, 0.3) is 0 Å². The summed E-state index contributed by atoms with van der Waals surface area (Å²) in [5.74, 6) is 0. The lowest BCUT2D eigenvalue weighted by molar-refractivity contribution is 0.949. The van der Waals surface area contributed by atoms with Gasteiger partial charge in [0.1, 0.15) is 0 Å². The summed E-state index contributed by atoms with van der Waals surface area (Å²) in [5, 5.41) is 0. The molecule has 0 aromatic rings. The maximum absolute atomic E-state index is 5.41. The number of hydrogen-bond acceptors (Lipinski definition) is 1. The van der Waals surface area contributed by atoms with E-state index >= 15 is 0 Å². The fourth-order valence-corrected chi connectivity index (χ4v) is 0.492. The van der Waals surface area contributed by atoms with E-state index in [-0.39, 0.29) is 0 Å². The molecule has 0 unspecified atom stereocenters. The lowest BCUT2D eigenvalue weighted by Gasteiger charge is -1.96. The molecule has 0 aromatic heterocycles. The van der Waals surface area contributed by atoms with Gasteiger partial charge in [0.2, 0.25) is 0 Å². The fourth-order valence-electron chi connectivity index (χ4n) is 0.492. The lowest BCUT2D eigenvalue weighted by Crippen LogP contribution is -1.95. The smallest absolute Gasteiger partial charge is 0.0267 e. The molecule has 0 radical (unpaired) electrons. The first-order chi connectivity index (χ1) is 5.18. The zero-order valence-electron chi connectivity index (χ0n) is 7.69. The Morgan fingerprint density at radius 3 is 2.18 bits per heavy atom. The van der Waals surface area contributed by atoms with E-state index in [9.17, 15) is 0 Å². The van der Waals surface area contributed by atoms with Crippen LogP contribution < -0.4 is 5.73 Å². The van der Waals surface area contributed by atoms with Gasteiger partial charge in [-0.1, -0.05) is 26.0 Å². The van der Waals surface area contributed by atoms with Crippen LogP contribution in [0.2, 0.25) is 0 Å². The van der Waals surface area contributed by atoms with Crippen LogP contribution in [0, 0.1) is 0 Å². The Morgan fingerprint density at radius 2 is 1.91 bits per heavy atom. The summed E-state index contributed by atoms with van der Waals surface area (Å²) < 4.78 is 0. The zero-order valence-corrected chi connectivity index (χ0v) is 7.69. The van der Waals surface area contributed by atoms with Crippen molar-refractivity contribution >= 4 is 0 Å². The Bertz CT molecular complexity index is 134. The zero-order chi connectivity index (χ0) is 9.28. The van der Waals surface area contributed by atoms with E-state index in [0.717, 1.165) is 12.0 Å². The third kappa shape index (κ3) is 9.02. The van der Waals surface area contributed by atoms with Crippen molar-refractivity contribution in [2.45, 2.75) is 26.7 Å². The molecule has 0 bridgehead atoms. The predicted octanol–water partition coefficient (Wildman–Crippen LogP) is 3.01. The van der Waals surface area contributed by atoms with Crippen LogP contribution in [0.4, 0.5) is 0 Å². The maximum Gasteiger partial charge on any atom is 0.0267 e. The van der Waals surface area contributed by atoms with Crippen molar-refractivity contribution < 1.29 is 0 Å². The molecule has 0 saturated heterocycles. The monoisotopic (exact) mass is 153 g/mol.